The van der Waals surface area contributed by atoms with Crippen LogP contribution in [0.3, 0.4) is 0 Å². The average molecular weight is 524 g/mol. The highest BCUT2D eigenvalue weighted by molar-refractivity contribution is 6.34. The zero-order valence-corrected chi connectivity index (χ0v) is 21.2. The molecule has 192 valence electrons. The van der Waals surface area contributed by atoms with E-state index in [4.69, 9.17) is 22.1 Å². The Morgan fingerprint density at radius 3 is 2.51 bits per heavy atom. The van der Waals surface area contributed by atoms with Gasteiger partial charge in [-0.3, -0.25) is 4.79 Å². The molecule has 4 nitrogen and oxygen atoms in total. The molecule has 1 saturated carbocycles. The molecule has 6 rings (SSSR count). The molecule has 0 saturated heterocycles. The first-order valence-electron chi connectivity index (χ1n) is 12.8. The van der Waals surface area contributed by atoms with Crippen molar-refractivity contribution >= 4 is 17.5 Å². The third-order valence-electron chi connectivity index (χ3n) is 8.58. The Bertz CT molecular complexity index is 1420. The Hall–Kier alpha value is -2.96. The maximum absolute atomic E-state index is 16.3. The molecule has 3 aliphatic rings. The van der Waals surface area contributed by atoms with Crippen LogP contribution >= 0.6 is 11.6 Å². The first-order valence-corrected chi connectivity index (χ1v) is 13.2. The van der Waals surface area contributed by atoms with Crippen LogP contribution in [0, 0.1) is 23.5 Å². The lowest BCUT2D eigenvalue weighted by Gasteiger charge is -2.35. The summed E-state index contributed by atoms with van der Waals surface area (Å²) in [5.74, 6) is -2.16. The second kappa shape index (κ2) is 8.81. The lowest BCUT2D eigenvalue weighted by Crippen LogP contribution is -2.38. The van der Waals surface area contributed by atoms with Crippen molar-refractivity contribution in [1.29, 1.82) is 0 Å². The van der Waals surface area contributed by atoms with Gasteiger partial charge in [-0.2, -0.15) is 0 Å². The number of fused-ring (bicyclic) bond motifs is 2. The van der Waals surface area contributed by atoms with Crippen LogP contribution in [0.2, 0.25) is 5.02 Å². The highest BCUT2D eigenvalue weighted by atomic mass is 35.5. The minimum atomic E-state index is -1.05. The molecule has 1 heterocycles. The number of primary amides is 1. The zero-order chi connectivity index (χ0) is 26.1. The monoisotopic (exact) mass is 523 g/mol. The molecular weight excluding hydrogens is 496 g/mol. The average Bonchev–Trinajstić information content (AvgIpc) is 3.60. The molecule has 3 N–H and O–H groups in total. The first-order chi connectivity index (χ1) is 17.7. The number of carbonyl (C=O) groups excluding carboxylic acids is 1. The quantitative estimate of drug-likeness (QED) is 0.403. The van der Waals surface area contributed by atoms with E-state index in [0.717, 1.165) is 31.2 Å². The largest absolute Gasteiger partial charge is 0.482 e. The van der Waals surface area contributed by atoms with Crippen LogP contribution in [0.1, 0.15) is 71.3 Å². The molecule has 0 aromatic heterocycles. The molecular formula is C30H28ClF2NO3. The van der Waals surface area contributed by atoms with Gasteiger partial charge in [0.1, 0.15) is 23.0 Å². The van der Waals surface area contributed by atoms with Gasteiger partial charge in [0.25, 0.3) is 0 Å². The van der Waals surface area contributed by atoms with Gasteiger partial charge in [-0.05, 0) is 42.4 Å². The molecule has 1 fully saturated rings. The van der Waals surface area contributed by atoms with Crippen molar-refractivity contribution in [3.8, 4) is 16.9 Å². The Labute approximate surface area is 219 Å². The number of carbonyl (C=O) groups is 1. The second-order valence-corrected chi connectivity index (χ2v) is 11.1. The SMILES string of the molecule is CC1Cc2cc(C(N)=O)c(-c3c(Cl)c(F)cc4c3C[C@](c3ccccc3)(C3CCCC3)O4)c(F)c2C1O. The summed E-state index contributed by atoms with van der Waals surface area (Å²) in [4.78, 5) is 12.6. The normalized spacial score (nSPS) is 24.7. The number of rotatable bonds is 4. The number of aliphatic hydroxyl groups is 1. The first kappa shape index (κ1) is 24.4. The van der Waals surface area contributed by atoms with E-state index < -0.39 is 29.2 Å². The maximum Gasteiger partial charge on any atom is 0.249 e. The summed E-state index contributed by atoms with van der Waals surface area (Å²) in [6.07, 6.45) is 3.76. The van der Waals surface area contributed by atoms with E-state index >= 15 is 8.78 Å². The summed E-state index contributed by atoms with van der Waals surface area (Å²) in [6, 6.07) is 12.6. The molecule has 2 unspecified atom stereocenters. The molecule has 0 radical (unpaired) electrons. The fourth-order valence-corrected chi connectivity index (χ4v) is 7.05. The van der Waals surface area contributed by atoms with Crippen LogP contribution in [0.5, 0.6) is 5.75 Å². The van der Waals surface area contributed by atoms with Crippen LogP contribution in [-0.4, -0.2) is 11.0 Å². The van der Waals surface area contributed by atoms with Gasteiger partial charge in [-0.1, -0.05) is 61.7 Å². The summed E-state index contributed by atoms with van der Waals surface area (Å²) in [7, 11) is 0. The Balaban J connectivity index is 1.61. The van der Waals surface area contributed by atoms with E-state index in [9.17, 15) is 9.90 Å². The molecule has 1 amide bonds. The van der Waals surface area contributed by atoms with Gasteiger partial charge in [-0.25, -0.2) is 8.78 Å². The Morgan fingerprint density at radius 1 is 1.14 bits per heavy atom. The van der Waals surface area contributed by atoms with Crippen molar-refractivity contribution in [3.63, 3.8) is 0 Å². The maximum atomic E-state index is 16.3. The van der Waals surface area contributed by atoms with Crippen LogP contribution in [-0.2, 0) is 18.4 Å². The zero-order valence-electron chi connectivity index (χ0n) is 20.5. The van der Waals surface area contributed by atoms with Gasteiger partial charge in [0.15, 0.2) is 0 Å². The summed E-state index contributed by atoms with van der Waals surface area (Å²) in [6.45, 7) is 1.81. The van der Waals surface area contributed by atoms with Crippen molar-refractivity contribution in [1.82, 2.24) is 0 Å². The minimum absolute atomic E-state index is 0.0772. The topological polar surface area (TPSA) is 72.6 Å². The summed E-state index contributed by atoms with van der Waals surface area (Å²) >= 11 is 6.56. The van der Waals surface area contributed by atoms with Crippen LogP contribution in [0.15, 0.2) is 42.5 Å². The molecule has 0 spiro atoms. The number of halogens is 3. The smallest absolute Gasteiger partial charge is 0.249 e. The third kappa shape index (κ3) is 3.60. The van der Waals surface area contributed by atoms with Gasteiger partial charge < -0.3 is 15.6 Å². The highest BCUT2D eigenvalue weighted by Gasteiger charge is 2.50. The standard InChI is InChI=1S/C30H28ClF2NO3/c1-15-11-16-12-19(29(34)36)25(27(33)23(16)28(15)35)24-20-14-30(18-9-5-6-10-18,17-7-3-2-4-8-17)37-22(20)13-21(32)26(24)31/h2-4,7-8,12-13,15,18,28,35H,5-6,9-11,14H2,1H3,(H2,34,36)/t15?,28?,30-/m0/s1. The number of nitrogens with two attached hydrogens (primary N) is 1. The highest BCUT2D eigenvalue weighted by Crippen LogP contribution is 2.55. The van der Waals surface area contributed by atoms with Crippen molar-refractivity contribution in [2.45, 2.75) is 57.2 Å². The second-order valence-electron chi connectivity index (χ2n) is 10.7. The molecule has 3 aromatic carbocycles. The van der Waals surface area contributed by atoms with Crippen LogP contribution in [0.25, 0.3) is 11.1 Å². The van der Waals surface area contributed by atoms with E-state index in [1.54, 1.807) is 0 Å². The van der Waals surface area contributed by atoms with Gasteiger partial charge >= 0.3 is 0 Å². The summed E-state index contributed by atoms with van der Waals surface area (Å²) in [5, 5.41) is 10.4. The summed E-state index contributed by atoms with van der Waals surface area (Å²) < 4.78 is 38.3. The molecule has 7 heteroatoms. The van der Waals surface area contributed by atoms with E-state index in [0.29, 0.717) is 24.0 Å². The molecule has 37 heavy (non-hydrogen) atoms. The van der Waals surface area contributed by atoms with E-state index in [-0.39, 0.29) is 44.9 Å². The number of benzene rings is 3. The minimum Gasteiger partial charge on any atom is -0.482 e. The number of hydrogen-bond donors (Lipinski definition) is 2. The van der Waals surface area contributed by atoms with E-state index in [1.807, 2.05) is 37.3 Å². The molecule has 2 aliphatic carbocycles. The van der Waals surface area contributed by atoms with E-state index in [1.165, 1.54) is 12.1 Å². The third-order valence-corrected chi connectivity index (χ3v) is 8.95. The molecule has 3 atom stereocenters. The number of ether oxygens (including phenoxy) is 1. The van der Waals surface area contributed by atoms with Gasteiger partial charge in [-0.15, -0.1) is 0 Å². The fraction of sp³-hybridized carbons (Fsp3) is 0.367. The number of amides is 1. The van der Waals surface area contributed by atoms with E-state index in [2.05, 4.69) is 0 Å². The Kier molecular flexibility index (Phi) is 5.81. The van der Waals surface area contributed by atoms with Gasteiger partial charge in [0, 0.05) is 40.7 Å². The predicted octanol–water partition coefficient (Wildman–Crippen LogP) is 6.63. The van der Waals surface area contributed by atoms with Gasteiger partial charge in [0.05, 0.1) is 16.7 Å². The lowest BCUT2D eigenvalue weighted by molar-refractivity contribution is 0.0273. The molecule has 1 aliphatic heterocycles. The van der Waals surface area contributed by atoms with Crippen molar-refractivity contribution < 1.29 is 23.4 Å². The van der Waals surface area contributed by atoms with Crippen molar-refractivity contribution in [2.75, 3.05) is 0 Å². The van der Waals surface area contributed by atoms with Crippen LogP contribution < -0.4 is 10.5 Å². The fourth-order valence-electron chi connectivity index (χ4n) is 6.79. The Morgan fingerprint density at radius 2 is 1.84 bits per heavy atom. The van der Waals surface area contributed by atoms with Gasteiger partial charge in [0.2, 0.25) is 5.91 Å². The number of hydrogen-bond acceptors (Lipinski definition) is 3. The van der Waals surface area contributed by atoms with Crippen molar-refractivity contribution in [3.05, 3.63) is 86.9 Å². The molecule has 0 bridgehead atoms. The summed E-state index contributed by atoms with van der Waals surface area (Å²) in [5.41, 5.74) is 6.95. The predicted molar refractivity (Wildman–Crippen MR) is 138 cm³/mol. The van der Waals surface area contributed by atoms with Crippen molar-refractivity contribution in [2.24, 2.45) is 17.6 Å². The molecule has 3 aromatic rings. The lowest BCUT2D eigenvalue weighted by atomic mass is 9.76. The number of aliphatic hydroxyl groups excluding tert-OH is 1. The van der Waals surface area contributed by atoms with Crippen LogP contribution in [0.4, 0.5) is 8.78 Å².